The molecule has 0 spiro atoms. The number of ether oxygens (including phenoxy) is 1. The number of fused-ring (bicyclic) bond motifs is 1. The normalized spacial score (nSPS) is 14.3. The summed E-state index contributed by atoms with van der Waals surface area (Å²) >= 11 is 0. The summed E-state index contributed by atoms with van der Waals surface area (Å²) in [6, 6.07) is 20.2. The molecule has 0 saturated carbocycles. The van der Waals surface area contributed by atoms with Crippen molar-refractivity contribution in [3.63, 3.8) is 0 Å². The molecule has 0 bridgehead atoms. The molecule has 6 heteroatoms. The second kappa shape index (κ2) is 9.21. The Bertz CT molecular complexity index is 1330. The van der Waals surface area contributed by atoms with Crippen LogP contribution in [0.5, 0.6) is 5.75 Å². The van der Waals surface area contributed by atoms with Gasteiger partial charge < -0.3 is 19.1 Å². The number of para-hydroxylation sites is 1. The number of anilines is 1. The summed E-state index contributed by atoms with van der Waals surface area (Å²) in [4.78, 5) is 22.9. The monoisotopic (exact) mass is 454 g/mol. The Labute approximate surface area is 200 Å². The fourth-order valence-electron chi connectivity index (χ4n) is 4.98. The van der Waals surface area contributed by atoms with E-state index in [2.05, 4.69) is 39.6 Å². The van der Waals surface area contributed by atoms with Gasteiger partial charge in [-0.2, -0.15) is 0 Å². The molecule has 34 heavy (non-hydrogen) atoms. The number of nitrogens with zero attached hydrogens (tertiary/aromatic N) is 4. The standard InChI is InChI=1S/C28H30N4O2/c1-20-12-13-23-22(19-20)26(27(30(23)2)21-9-4-5-10-24(21)34-3)28(33)32-16-8-15-31(17-18-32)25-11-6-7-14-29-25/h4-7,9-14,19H,8,15-18H2,1-3H3. The molecule has 1 saturated heterocycles. The van der Waals surface area contributed by atoms with Crippen LogP contribution < -0.4 is 9.64 Å². The molecular formula is C28H30N4O2. The average Bonchev–Trinajstić information content (AvgIpc) is 3.01. The lowest BCUT2D eigenvalue weighted by atomic mass is 10.0. The van der Waals surface area contributed by atoms with Gasteiger partial charge in [0.25, 0.3) is 5.91 Å². The fraction of sp³-hybridized carbons (Fsp3) is 0.286. The van der Waals surface area contributed by atoms with E-state index in [9.17, 15) is 4.79 Å². The van der Waals surface area contributed by atoms with Crippen molar-refractivity contribution in [1.82, 2.24) is 14.5 Å². The van der Waals surface area contributed by atoms with E-state index in [0.717, 1.165) is 70.9 Å². The molecule has 0 unspecified atom stereocenters. The molecule has 174 valence electrons. The number of methoxy groups -OCH3 is 1. The van der Waals surface area contributed by atoms with Crippen LogP contribution in [0.15, 0.2) is 66.9 Å². The molecule has 3 heterocycles. The topological polar surface area (TPSA) is 50.6 Å². The first kappa shape index (κ1) is 22.0. The van der Waals surface area contributed by atoms with Gasteiger partial charge in [0.15, 0.2) is 0 Å². The maximum Gasteiger partial charge on any atom is 0.256 e. The van der Waals surface area contributed by atoms with E-state index < -0.39 is 0 Å². The Kier molecular flexibility index (Phi) is 5.97. The van der Waals surface area contributed by atoms with Gasteiger partial charge in [-0.1, -0.05) is 29.8 Å². The number of aromatic nitrogens is 2. The van der Waals surface area contributed by atoms with Gasteiger partial charge in [-0.05, 0) is 49.7 Å². The van der Waals surface area contributed by atoms with E-state index >= 15 is 0 Å². The zero-order valence-corrected chi connectivity index (χ0v) is 20.0. The zero-order valence-electron chi connectivity index (χ0n) is 20.0. The van der Waals surface area contributed by atoms with Crippen molar-refractivity contribution in [2.24, 2.45) is 7.05 Å². The summed E-state index contributed by atoms with van der Waals surface area (Å²) in [6.45, 7) is 5.09. The second-order valence-electron chi connectivity index (χ2n) is 8.82. The van der Waals surface area contributed by atoms with E-state index in [-0.39, 0.29) is 5.91 Å². The van der Waals surface area contributed by atoms with Crippen LogP contribution in [-0.2, 0) is 7.05 Å². The Morgan fingerprint density at radius 2 is 1.79 bits per heavy atom. The van der Waals surface area contributed by atoms with Gasteiger partial charge in [0, 0.05) is 55.9 Å². The van der Waals surface area contributed by atoms with Gasteiger partial charge >= 0.3 is 0 Å². The van der Waals surface area contributed by atoms with Gasteiger partial charge in [0.1, 0.15) is 11.6 Å². The van der Waals surface area contributed by atoms with E-state index in [1.807, 2.05) is 60.6 Å². The number of hydrogen-bond acceptors (Lipinski definition) is 4. The van der Waals surface area contributed by atoms with Crippen molar-refractivity contribution >= 4 is 22.6 Å². The molecule has 2 aromatic carbocycles. The number of carbonyl (C=O) groups excluding carboxylic acids is 1. The third-order valence-electron chi connectivity index (χ3n) is 6.69. The highest BCUT2D eigenvalue weighted by atomic mass is 16.5. The first-order valence-corrected chi connectivity index (χ1v) is 11.8. The average molecular weight is 455 g/mol. The van der Waals surface area contributed by atoms with Gasteiger partial charge in [-0.15, -0.1) is 0 Å². The highest BCUT2D eigenvalue weighted by Crippen LogP contribution is 2.38. The number of rotatable bonds is 4. The van der Waals surface area contributed by atoms with Crippen LogP contribution in [0.4, 0.5) is 5.82 Å². The lowest BCUT2D eigenvalue weighted by Crippen LogP contribution is -2.35. The van der Waals surface area contributed by atoms with Gasteiger partial charge in [-0.3, -0.25) is 4.79 Å². The molecule has 0 aliphatic carbocycles. The minimum atomic E-state index is 0.0694. The Morgan fingerprint density at radius 1 is 0.971 bits per heavy atom. The Hall–Kier alpha value is -3.80. The van der Waals surface area contributed by atoms with E-state index in [1.165, 1.54) is 0 Å². The van der Waals surface area contributed by atoms with Crippen molar-refractivity contribution < 1.29 is 9.53 Å². The molecular weight excluding hydrogens is 424 g/mol. The maximum atomic E-state index is 14.2. The molecule has 0 atom stereocenters. The molecule has 0 radical (unpaired) electrons. The van der Waals surface area contributed by atoms with Crippen molar-refractivity contribution in [3.05, 3.63) is 78.0 Å². The smallest absolute Gasteiger partial charge is 0.256 e. The lowest BCUT2D eigenvalue weighted by Gasteiger charge is -2.23. The number of benzene rings is 2. The van der Waals surface area contributed by atoms with Crippen LogP contribution >= 0.6 is 0 Å². The summed E-state index contributed by atoms with van der Waals surface area (Å²) in [5.74, 6) is 1.80. The summed E-state index contributed by atoms with van der Waals surface area (Å²) in [5.41, 5.74) is 4.75. The van der Waals surface area contributed by atoms with Crippen molar-refractivity contribution in [2.75, 3.05) is 38.2 Å². The van der Waals surface area contributed by atoms with Crippen LogP contribution in [0.1, 0.15) is 22.3 Å². The molecule has 4 aromatic rings. The van der Waals surface area contributed by atoms with Crippen LogP contribution in [0.25, 0.3) is 22.2 Å². The SMILES string of the molecule is COc1ccccc1-c1c(C(=O)N2CCCN(c3ccccn3)CC2)c2cc(C)ccc2n1C. The number of hydrogen-bond donors (Lipinski definition) is 0. The van der Waals surface area contributed by atoms with Crippen LogP contribution in [0.3, 0.4) is 0 Å². The summed E-state index contributed by atoms with van der Waals surface area (Å²) in [6.07, 6.45) is 2.72. The largest absolute Gasteiger partial charge is 0.496 e. The number of carbonyl (C=O) groups is 1. The predicted molar refractivity (Wildman–Crippen MR) is 137 cm³/mol. The van der Waals surface area contributed by atoms with Crippen molar-refractivity contribution in [3.8, 4) is 17.0 Å². The molecule has 1 aliphatic heterocycles. The van der Waals surface area contributed by atoms with Crippen LogP contribution in [0.2, 0.25) is 0 Å². The third kappa shape index (κ3) is 3.89. The van der Waals surface area contributed by atoms with Gasteiger partial charge in [0.2, 0.25) is 0 Å². The second-order valence-corrected chi connectivity index (χ2v) is 8.82. The summed E-state index contributed by atoms with van der Waals surface area (Å²) < 4.78 is 7.81. The van der Waals surface area contributed by atoms with Crippen LogP contribution in [0, 0.1) is 6.92 Å². The predicted octanol–water partition coefficient (Wildman–Crippen LogP) is 4.91. The Balaban J connectivity index is 1.57. The molecule has 5 rings (SSSR count). The molecule has 1 aliphatic rings. The highest BCUT2D eigenvalue weighted by molar-refractivity contribution is 6.13. The Morgan fingerprint density at radius 3 is 2.59 bits per heavy atom. The molecule has 1 fully saturated rings. The van der Waals surface area contributed by atoms with E-state index in [1.54, 1.807) is 7.11 Å². The van der Waals surface area contributed by atoms with E-state index in [0.29, 0.717) is 6.54 Å². The number of pyridine rings is 1. The first-order chi connectivity index (χ1) is 16.6. The van der Waals surface area contributed by atoms with Crippen molar-refractivity contribution in [1.29, 1.82) is 0 Å². The lowest BCUT2D eigenvalue weighted by molar-refractivity contribution is 0.0769. The molecule has 1 amide bonds. The molecule has 0 N–H and O–H groups in total. The highest BCUT2D eigenvalue weighted by Gasteiger charge is 2.29. The van der Waals surface area contributed by atoms with E-state index in [4.69, 9.17) is 4.74 Å². The molecule has 2 aromatic heterocycles. The minimum Gasteiger partial charge on any atom is -0.496 e. The minimum absolute atomic E-state index is 0.0694. The number of aryl methyl sites for hydroxylation is 2. The first-order valence-electron chi connectivity index (χ1n) is 11.8. The van der Waals surface area contributed by atoms with Gasteiger partial charge in [-0.25, -0.2) is 4.98 Å². The van der Waals surface area contributed by atoms with Gasteiger partial charge in [0.05, 0.1) is 18.4 Å². The summed E-state index contributed by atoms with van der Waals surface area (Å²) in [7, 11) is 3.70. The maximum absolute atomic E-state index is 14.2. The fourth-order valence-corrected chi connectivity index (χ4v) is 4.98. The van der Waals surface area contributed by atoms with Crippen LogP contribution in [-0.4, -0.2) is 53.6 Å². The number of amides is 1. The van der Waals surface area contributed by atoms with Crippen molar-refractivity contribution in [2.45, 2.75) is 13.3 Å². The third-order valence-corrected chi connectivity index (χ3v) is 6.69. The quantitative estimate of drug-likeness (QED) is 0.440. The zero-order chi connectivity index (χ0) is 23.7. The summed E-state index contributed by atoms with van der Waals surface area (Å²) in [5, 5.41) is 0.985. The molecule has 6 nitrogen and oxygen atoms in total.